The number of nitrogens with one attached hydrogen (secondary N) is 1. The highest BCUT2D eigenvalue weighted by Crippen LogP contribution is 2.43. The lowest BCUT2D eigenvalue weighted by Gasteiger charge is -2.13. The summed E-state index contributed by atoms with van der Waals surface area (Å²) in [5.74, 6) is -1.36. The van der Waals surface area contributed by atoms with Crippen LogP contribution < -0.4 is 5.32 Å². The number of nitrogens with zero attached hydrogens (tertiary/aromatic N) is 1. The fourth-order valence-corrected chi connectivity index (χ4v) is 3.52. The van der Waals surface area contributed by atoms with Gasteiger partial charge in [0.15, 0.2) is 0 Å². The predicted molar refractivity (Wildman–Crippen MR) is 85.3 cm³/mol. The highest BCUT2D eigenvalue weighted by molar-refractivity contribution is 7.62. The average Bonchev–Trinajstić information content (AvgIpc) is 2.53. The summed E-state index contributed by atoms with van der Waals surface area (Å²) in [5, 5.41) is 2.47. The van der Waals surface area contributed by atoms with Gasteiger partial charge in [0.1, 0.15) is 7.14 Å². The minimum absolute atomic E-state index is 0.0146. The summed E-state index contributed by atoms with van der Waals surface area (Å²) < 4.78 is 12.5. The van der Waals surface area contributed by atoms with Crippen molar-refractivity contribution < 1.29 is 14.2 Å². The molecule has 0 radical (unpaired) electrons. The van der Waals surface area contributed by atoms with Crippen molar-refractivity contribution in [1.29, 1.82) is 0 Å². The number of carbonyl (C=O) groups excluding carboxylic acids is 2. The van der Waals surface area contributed by atoms with E-state index in [1.807, 2.05) is 6.07 Å². The molecule has 0 saturated heterocycles. The second-order valence-corrected chi connectivity index (χ2v) is 8.40. The second kappa shape index (κ2) is 7.14. The van der Waals surface area contributed by atoms with Crippen LogP contribution >= 0.6 is 7.14 Å². The fourth-order valence-electron chi connectivity index (χ4n) is 1.97. The van der Waals surface area contributed by atoms with Crippen molar-refractivity contribution in [1.82, 2.24) is 10.3 Å². The zero-order valence-electron chi connectivity index (χ0n) is 12.2. The normalized spacial score (nSPS) is 13.1. The van der Waals surface area contributed by atoms with Gasteiger partial charge in [-0.05, 0) is 18.3 Å². The molecule has 2 rings (SSSR count). The standard InChI is InChI=1S/C16H17N2O3P/c1-22(21,11-13-6-5-9-17-10-13)12-18-16(20)15(19)14-7-3-2-4-8-14/h2-10H,11-12H2,1H3,(H,18,20). The molecule has 1 heterocycles. The van der Waals surface area contributed by atoms with Gasteiger partial charge in [0.05, 0.1) is 6.29 Å². The third kappa shape index (κ3) is 4.64. The number of rotatable bonds is 6. The van der Waals surface area contributed by atoms with Crippen LogP contribution in [0.15, 0.2) is 54.9 Å². The minimum atomic E-state index is -2.62. The SMILES string of the molecule is CP(=O)(CNC(=O)C(=O)c1ccccc1)Cc1cccnc1. The van der Waals surface area contributed by atoms with Crippen LogP contribution in [0.5, 0.6) is 0 Å². The first kappa shape index (κ1) is 16.1. The third-order valence-corrected chi connectivity index (χ3v) is 4.92. The molecule has 1 unspecified atom stereocenters. The lowest BCUT2D eigenvalue weighted by molar-refractivity contribution is -0.116. The fraction of sp³-hybridized carbons (Fsp3) is 0.188. The monoisotopic (exact) mass is 316 g/mol. The van der Waals surface area contributed by atoms with E-state index in [1.54, 1.807) is 55.5 Å². The third-order valence-electron chi connectivity index (χ3n) is 3.06. The number of hydrogen-bond acceptors (Lipinski definition) is 4. The number of carbonyl (C=O) groups is 2. The van der Waals surface area contributed by atoms with Crippen LogP contribution in [0.2, 0.25) is 0 Å². The predicted octanol–water partition coefficient (Wildman–Crippen LogP) is 2.53. The van der Waals surface area contributed by atoms with E-state index in [4.69, 9.17) is 0 Å². The van der Waals surface area contributed by atoms with Crippen LogP contribution in [-0.4, -0.2) is 29.6 Å². The van der Waals surface area contributed by atoms with E-state index < -0.39 is 18.8 Å². The smallest absolute Gasteiger partial charge is 0.292 e. The van der Waals surface area contributed by atoms with E-state index in [0.29, 0.717) is 11.7 Å². The van der Waals surface area contributed by atoms with Crippen molar-refractivity contribution in [3.05, 3.63) is 66.0 Å². The topological polar surface area (TPSA) is 76.1 Å². The molecule has 6 heteroatoms. The van der Waals surface area contributed by atoms with E-state index in [1.165, 1.54) is 0 Å². The van der Waals surface area contributed by atoms with Crippen molar-refractivity contribution in [2.45, 2.75) is 6.16 Å². The van der Waals surface area contributed by atoms with Gasteiger partial charge in [-0.25, -0.2) is 0 Å². The lowest BCUT2D eigenvalue weighted by Crippen LogP contribution is -2.31. The van der Waals surface area contributed by atoms with Gasteiger partial charge in [0, 0.05) is 24.1 Å². The van der Waals surface area contributed by atoms with Crippen molar-refractivity contribution >= 4 is 18.8 Å². The number of Topliss-reactive ketones (excluding diaryl/α,β-unsaturated/α-hetero) is 1. The van der Waals surface area contributed by atoms with E-state index in [9.17, 15) is 14.2 Å². The number of benzene rings is 1. The molecule has 1 aromatic heterocycles. The maximum absolute atomic E-state index is 12.5. The van der Waals surface area contributed by atoms with E-state index in [0.717, 1.165) is 5.56 Å². The summed E-state index contributed by atoms with van der Waals surface area (Å²) in [7, 11) is -2.62. The zero-order chi connectivity index (χ0) is 16.0. The Hall–Kier alpha value is -2.26. The van der Waals surface area contributed by atoms with Crippen molar-refractivity contribution in [2.24, 2.45) is 0 Å². The van der Waals surface area contributed by atoms with E-state index in [2.05, 4.69) is 10.3 Å². The molecule has 2 aromatic rings. The molecule has 22 heavy (non-hydrogen) atoms. The van der Waals surface area contributed by atoms with Gasteiger partial charge in [-0.3, -0.25) is 14.6 Å². The van der Waals surface area contributed by atoms with Crippen LogP contribution in [0.1, 0.15) is 15.9 Å². The molecule has 5 nitrogen and oxygen atoms in total. The van der Waals surface area contributed by atoms with Crippen LogP contribution in [-0.2, 0) is 15.5 Å². The molecule has 1 N–H and O–H groups in total. The molecule has 1 aromatic carbocycles. The van der Waals surface area contributed by atoms with Crippen LogP contribution in [0.25, 0.3) is 0 Å². The van der Waals surface area contributed by atoms with E-state index >= 15 is 0 Å². The van der Waals surface area contributed by atoms with Gasteiger partial charge in [0.2, 0.25) is 5.78 Å². The first-order valence-corrected chi connectivity index (χ1v) is 9.32. The summed E-state index contributed by atoms with van der Waals surface area (Å²) in [6.45, 7) is 1.60. The molecular weight excluding hydrogens is 299 g/mol. The summed E-state index contributed by atoms with van der Waals surface area (Å²) in [5.41, 5.74) is 1.16. The number of ketones is 1. The summed E-state index contributed by atoms with van der Waals surface area (Å²) in [6.07, 6.45) is 3.61. The Kier molecular flexibility index (Phi) is 5.23. The largest absolute Gasteiger partial charge is 0.342 e. The Morgan fingerprint density at radius 3 is 2.50 bits per heavy atom. The summed E-state index contributed by atoms with van der Waals surface area (Å²) in [6, 6.07) is 11.9. The van der Waals surface area contributed by atoms with Gasteiger partial charge in [-0.1, -0.05) is 36.4 Å². The second-order valence-electron chi connectivity index (χ2n) is 5.18. The number of amides is 1. The number of hydrogen-bond donors (Lipinski definition) is 1. The van der Waals surface area contributed by atoms with Crippen LogP contribution in [0.4, 0.5) is 0 Å². The molecule has 0 spiro atoms. The van der Waals surface area contributed by atoms with Gasteiger partial charge in [-0.2, -0.15) is 0 Å². The lowest BCUT2D eigenvalue weighted by atomic mass is 10.1. The number of aromatic nitrogens is 1. The molecule has 0 aliphatic carbocycles. The van der Waals surface area contributed by atoms with Gasteiger partial charge in [-0.15, -0.1) is 0 Å². The number of pyridine rings is 1. The Labute approximate surface area is 129 Å². The molecule has 1 atom stereocenters. The molecule has 0 aliphatic heterocycles. The maximum atomic E-state index is 12.5. The molecular formula is C16H17N2O3P. The Morgan fingerprint density at radius 2 is 1.86 bits per heavy atom. The Bertz CT molecular complexity index is 702. The maximum Gasteiger partial charge on any atom is 0.292 e. The molecule has 114 valence electrons. The van der Waals surface area contributed by atoms with Gasteiger partial charge < -0.3 is 9.88 Å². The molecule has 0 aliphatic rings. The zero-order valence-corrected chi connectivity index (χ0v) is 13.1. The molecule has 0 bridgehead atoms. The molecule has 0 fully saturated rings. The summed E-state index contributed by atoms with van der Waals surface area (Å²) in [4.78, 5) is 27.7. The van der Waals surface area contributed by atoms with Crippen molar-refractivity contribution in [3.63, 3.8) is 0 Å². The van der Waals surface area contributed by atoms with Gasteiger partial charge in [0.25, 0.3) is 5.91 Å². The van der Waals surface area contributed by atoms with E-state index in [-0.39, 0.29) is 6.29 Å². The van der Waals surface area contributed by atoms with Crippen LogP contribution in [0, 0.1) is 0 Å². The highest BCUT2D eigenvalue weighted by atomic mass is 31.2. The van der Waals surface area contributed by atoms with Crippen LogP contribution in [0.3, 0.4) is 0 Å². The highest BCUT2D eigenvalue weighted by Gasteiger charge is 2.21. The van der Waals surface area contributed by atoms with Crippen molar-refractivity contribution in [3.8, 4) is 0 Å². The van der Waals surface area contributed by atoms with Gasteiger partial charge >= 0.3 is 0 Å². The molecule has 0 saturated carbocycles. The summed E-state index contributed by atoms with van der Waals surface area (Å²) >= 11 is 0. The quantitative estimate of drug-likeness (QED) is 0.505. The Balaban J connectivity index is 1.93. The minimum Gasteiger partial charge on any atom is -0.342 e. The first-order chi connectivity index (χ1) is 10.5. The average molecular weight is 316 g/mol. The van der Waals surface area contributed by atoms with Crippen molar-refractivity contribution in [2.75, 3.05) is 13.0 Å². The molecule has 1 amide bonds. The Morgan fingerprint density at radius 1 is 1.14 bits per heavy atom. The first-order valence-electron chi connectivity index (χ1n) is 6.80.